The zero-order chi connectivity index (χ0) is 59.9. The van der Waals surface area contributed by atoms with Crippen molar-refractivity contribution in [1.29, 1.82) is 0 Å². The Morgan fingerprint density at radius 1 is 0.231 bits per heavy atom. The fourth-order valence-electron chi connectivity index (χ4n) is 14.9. The average molecular weight is 1190 g/mol. The van der Waals surface area contributed by atoms with Crippen LogP contribution in [-0.2, 0) is 0 Å². The highest BCUT2D eigenvalue weighted by molar-refractivity contribution is 8.01. The van der Waals surface area contributed by atoms with Gasteiger partial charge in [-0.25, -0.2) is 0 Å². The van der Waals surface area contributed by atoms with E-state index in [1.54, 1.807) is 0 Å². The standard InChI is InChI=1S/C84H55B2N3S2/c1-8-28-56(29-9-1)61-50-75-81-76(51-61)89(84-67(59-34-14-4-15-35-59)44-27-45-68(84)60-36-16-5-17-37-60)74-55-78-72(86-70-47-23-25-49-77(70)90-79-52-64(53-80(91-78)82(79)86)87(62-38-18-6-19-39-62)63-40-20-7-21-41-63)54-71(74)85(81)69-46-22-24-48-73(69)88(75)83-65(57-30-10-2-11-31-57)42-26-43-66(83)58-32-12-3-13-33-58/h1-55H. The van der Waals surface area contributed by atoms with Crippen LogP contribution in [0.3, 0.4) is 0 Å². The Morgan fingerprint density at radius 2 is 0.626 bits per heavy atom. The summed E-state index contributed by atoms with van der Waals surface area (Å²) in [5, 5.41) is 0. The molecule has 0 N–H and O–H groups in total. The van der Waals surface area contributed by atoms with Gasteiger partial charge in [-0.3, -0.25) is 0 Å². The Morgan fingerprint density at radius 3 is 1.12 bits per heavy atom. The number of para-hydroxylation sites is 5. The molecule has 14 aromatic rings. The van der Waals surface area contributed by atoms with Gasteiger partial charge in [0.15, 0.2) is 0 Å². The highest BCUT2D eigenvalue weighted by Crippen LogP contribution is 2.55. The molecule has 0 spiro atoms. The maximum atomic E-state index is 2.70. The molecule has 4 aliphatic rings. The molecule has 91 heavy (non-hydrogen) atoms. The van der Waals surface area contributed by atoms with E-state index in [2.05, 4.69) is 348 Å². The van der Waals surface area contributed by atoms with Gasteiger partial charge in [-0.15, -0.1) is 0 Å². The Hall–Kier alpha value is -10.7. The number of rotatable bonds is 10. The maximum Gasteiger partial charge on any atom is 0.252 e. The first-order valence-electron chi connectivity index (χ1n) is 31.3. The van der Waals surface area contributed by atoms with Gasteiger partial charge in [0.25, 0.3) is 6.71 Å². The molecule has 14 aromatic carbocycles. The summed E-state index contributed by atoms with van der Waals surface area (Å²) in [5.74, 6) is 0. The van der Waals surface area contributed by atoms with Gasteiger partial charge in [0.2, 0.25) is 6.71 Å². The lowest BCUT2D eigenvalue weighted by molar-refractivity contribution is 1.23. The molecule has 18 rings (SSSR count). The van der Waals surface area contributed by atoms with Gasteiger partial charge < -0.3 is 14.7 Å². The summed E-state index contributed by atoms with van der Waals surface area (Å²) in [6.07, 6.45) is 0. The van der Waals surface area contributed by atoms with Crippen molar-refractivity contribution in [3.63, 3.8) is 0 Å². The second-order valence-corrected chi connectivity index (χ2v) is 26.0. The number of hydrogen-bond donors (Lipinski definition) is 0. The molecule has 424 valence electrons. The van der Waals surface area contributed by atoms with Crippen molar-refractivity contribution in [2.75, 3.05) is 14.7 Å². The lowest BCUT2D eigenvalue weighted by Crippen LogP contribution is -2.64. The van der Waals surface area contributed by atoms with Crippen LogP contribution in [0.15, 0.2) is 353 Å². The van der Waals surface area contributed by atoms with Crippen molar-refractivity contribution in [3.05, 3.63) is 334 Å². The summed E-state index contributed by atoms with van der Waals surface area (Å²) >= 11 is 3.84. The van der Waals surface area contributed by atoms with Crippen LogP contribution in [0.4, 0.5) is 51.2 Å². The molecule has 0 atom stereocenters. The van der Waals surface area contributed by atoms with Crippen LogP contribution < -0.4 is 47.5 Å². The molecule has 4 aliphatic heterocycles. The van der Waals surface area contributed by atoms with Gasteiger partial charge in [0.1, 0.15) is 0 Å². The zero-order valence-electron chi connectivity index (χ0n) is 49.6. The molecule has 0 bridgehead atoms. The van der Waals surface area contributed by atoms with E-state index in [1.807, 2.05) is 23.5 Å². The molecular formula is C84H55B2N3S2. The fraction of sp³-hybridized carbons (Fsp3) is 0. The van der Waals surface area contributed by atoms with Crippen molar-refractivity contribution in [2.45, 2.75) is 19.6 Å². The average Bonchev–Trinajstić information content (AvgIpc) is 0.696. The van der Waals surface area contributed by atoms with Crippen LogP contribution in [0.2, 0.25) is 0 Å². The minimum absolute atomic E-state index is 0.0206. The van der Waals surface area contributed by atoms with Crippen LogP contribution in [-0.4, -0.2) is 13.4 Å². The van der Waals surface area contributed by atoms with Crippen LogP contribution in [0.1, 0.15) is 0 Å². The highest BCUT2D eigenvalue weighted by atomic mass is 32.2. The van der Waals surface area contributed by atoms with Gasteiger partial charge in [0.05, 0.1) is 11.4 Å². The van der Waals surface area contributed by atoms with E-state index in [-0.39, 0.29) is 13.4 Å². The molecular weight excluding hydrogens is 1140 g/mol. The topological polar surface area (TPSA) is 9.72 Å². The molecule has 0 saturated heterocycles. The number of anilines is 9. The minimum atomic E-state index is -0.168. The number of benzene rings is 14. The Labute approximate surface area is 540 Å². The third kappa shape index (κ3) is 8.86. The largest absolute Gasteiger partial charge is 0.310 e. The van der Waals surface area contributed by atoms with Crippen molar-refractivity contribution < 1.29 is 0 Å². The first-order valence-corrected chi connectivity index (χ1v) is 32.9. The van der Waals surface area contributed by atoms with Gasteiger partial charge in [-0.05, 0) is 122 Å². The molecule has 0 fully saturated rings. The van der Waals surface area contributed by atoms with E-state index in [1.165, 1.54) is 63.7 Å². The summed E-state index contributed by atoms with van der Waals surface area (Å²) in [7, 11) is 0. The second kappa shape index (κ2) is 22.1. The Balaban J connectivity index is 0.967. The molecule has 0 aliphatic carbocycles. The monoisotopic (exact) mass is 1190 g/mol. The van der Waals surface area contributed by atoms with E-state index in [4.69, 9.17) is 0 Å². The van der Waals surface area contributed by atoms with Crippen molar-refractivity contribution >= 4 is 121 Å². The predicted molar refractivity (Wildman–Crippen MR) is 388 cm³/mol. The summed E-state index contributed by atoms with van der Waals surface area (Å²) < 4.78 is 0. The first kappa shape index (κ1) is 53.3. The van der Waals surface area contributed by atoms with E-state index in [0.717, 1.165) is 95.4 Å². The van der Waals surface area contributed by atoms with Gasteiger partial charge in [-0.2, -0.15) is 0 Å². The maximum absolute atomic E-state index is 2.70. The molecule has 0 amide bonds. The smallest absolute Gasteiger partial charge is 0.252 e. The lowest BCUT2D eigenvalue weighted by atomic mass is 9.31. The van der Waals surface area contributed by atoms with E-state index in [9.17, 15) is 0 Å². The molecule has 0 saturated carbocycles. The lowest BCUT2D eigenvalue weighted by Gasteiger charge is -2.46. The van der Waals surface area contributed by atoms with E-state index >= 15 is 0 Å². The van der Waals surface area contributed by atoms with Gasteiger partial charge in [-0.1, -0.05) is 301 Å². The molecule has 7 heteroatoms. The van der Waals surface area contributed by atoms with Crippen molar-refractivity contribution in [1.82, 2.24) is 0 Å². The molecule has 4 heterocycles. The summed E-state index contributed by atoms with van der Waals surface area (Å²) in [6, 6.07) is 124. The van der Waals surface area contributed by atoms with Crippen LogP contribution in [0.5, 0.6) is 0 Å². The summed E-state index contributed by atoms with van der Waals surface area (Å²) in [6.45, 7) is -0.188. The first-order chi connectivity index (χ1) is 45.2. The molecule has 0 aromatic heterocycles. The van der Waals surface area contributed by atoms with E-state index in [0.29, 0.717) is 0 Å². The van der Waals surface area contributed by atoms with Crippen LogP contribution in [0.25, 0.3) is 55.6 Å². The normalized spacial score (nSPS) is 12.9. The number of nitrogens with zero attached hydrogens (tertiary/aromatic N) is 3. The summed E-state index contributed by atoms with van der Waals surface area (Å²) in [5.41, 5.74) is 29.8. The highest BCUT2D eigenvalue weighted by Gasteiger charge is 2.48. The minimum Gasteiger partial charge on any atom is -0.310 e. The molecule has 3 nitrogen and oxygen atoms in total. The molecule has 0 unspecified atom stereocenters. The number of fused-ring (bicyclic) bond motifs is 8. The number of hydrogen-bond acceptors (Lipinski definition) is 5. The third-order valence-electron chi connectivity index (χ3n) is 18.7. The quantitative estimate of drug-likeness (QED) is 0.126. The van der Waals surface area contributed by atoms with Gasteiger partial charge >= 0.3 is 0 Å². The zero-order valence-corrected chi connectivity index (χ0v) is 51.2. The van der Waals surface area contributed by atoms with Crippen molar-refractivity contribution in [3.8, 4) is 55.6 Å². The SMILES string of the molecule is c1ccc(-c2cc3c4c(c2)N(c2c(-c5ccccc5)cccc2-c2ccccc2)c2cc5c(cc2B4c2ccccc2N3c2c(-c3ccccc3)cccc2-c2ccccc2)B2c3ccccc3Sc3cc(N(c4ccccc4)c4ccccc4)cc(c32)S5)cc1. The van der Waals surface area contributed by atoms with Crippen LogP contribution in [0, 0.1) is 0 Å². The van der Waals surface area contributed by atoms with E-state index < -0.39 is 0 Å². The third-order valence-corrected chi connectivity index (χ3v) is 21.0. The Kier molecular flexibility index (Phi) is 13.0. The second-order valence-electron chi connectivity index (χ2n) is 23.8. The van der Waals surface area contributed by atoms with Gasteiger partial charge in [0, 0.05) is 81.6 Å². The summed E-state index contributed by atoms with van der Waals surface area (Å²) in [4.78, 5) is 12.9. The Bertz CT molecular complexity index is 4980. The fourth-order valence-corrected chi connectivity index (χ4v) is 17.3. The van der Waals surface area contributed by atoms with Crippen LogP contribution >= 0.6 is 23.5 Å². The van der Waals surface area contributed by atoms with Crippen molar-refractivity contribution in [2.24, 2.45) is 0 Å². The predicted octanol–water partition coefficient (Wildman–Crippen LogP) is 19.0. The molecule has 0 radical (unpaired) electrons.